The number of nitrogens with zero attached hydrogens (tertiary/aromatic N) is 6. The summed E-state index contributed by atoms with van der Waals surface area (Å²) in [6, 6.07) is -1.56. The molecule has 2 saturated heterocycles. The molecule has 4 amide bonds. The summed E-state index contributed by atoms with van der Waals surface area (Å²) in [7, 11) is 4.16. The molecule has 5 N–H and O–H groups in total. The summed E-state index contributed by atoms with van der Waals surface area (Å²) < 4.78 is 20.5. The summed E-state index contributed by atoms with van der Waals surface area (Å²) in [5.74, 6) is 0.582. The zero-order valence-electron chi connectivity index (χ0n) is 29.9. The smallest absolute Gasteiger partial charge is 0.407 e. The van der Waals surface area contributed by atoms with Crippen molar-refractivity contribution in [3.8, 4) is 31.2 Å². The zero-order chi connectivity index (χ0) is 37.8. The van der Waals surface area contributed by atoms with E-state index >= 15 is 0 Å². The molecule has 2 fully saturated rings. The van der Waals surface area contributed by atoms with E-state index < -0.39 is 42.4 Å². The van der Waals surface area contributed by atoms with Gasteiger partial charge in [-0.05, 0) is 39.5 Å². The number of likely N-dealkylation sites (tertiary alicyclic amines) is 2. The van der Waals surface area contributed by atoms with E-state index in [1.54, 1.807) is 48.4 Å². The highest BCUT2D eigenvalue weighted by atomic mass is 32.1. The molecular formula is C33H42N10O8S2. The minimum Gasteiger partial charge on any atom is -0.453 e. The molecule has 18 nitrogen and oxygen atoms in total. The maximum Gasteiger partial charge on any atom is 0.407 e. The second-order valence-corrected chi connectivity index (χ2v) is 14.7. The summed E-state index contributed by atoms with van der Waals surface area (Å²) in [6.45, 7) is 4.35. The number of carbonyl (C=O) groups is 4. The third-order valence-corrected chi connectivity index (χ3v) is 11.6. The molecule has 2 aliphatic rings. The van der Waals surface area contributed by atoms with Crippen molar-refractivity contribution in [3.05, 3.63) is 36.4 Å². The normalized spacial score (nSPS) is 19.5. The van der Waals surface area contributed by atoms with Crippen LogP contribution in [0.5, 0.6) is 0 Å². The first kappa shape index (κ1) is 37.8. The highest BCUT2D eigenvalue weighted by molar-refractivity contribution is 7.24. The van der Waals surface area contributed by atoms with Crippen LogP contribution < -0.4 is 11.1 Å². The van der Waals surface area contributed by atoms with Gasteiger partial charge in [-0.25, -0.2) is 29.5 Å². The summed E-state index contributed by atoms with van der Waals surface area (Å²) in [5.41, 5.74) is 6.59. The van der Waals surface area contributed by atoms with Gasteiger partial charge < -0.3 is 49.8 Å². The molecule has 20 heteroatoms. The molecule has 0 saturated carbocycles. The third kappa shape index (κ3) is 8.04. The second-order valence-electron chi connectivity index (χ2n) is 12.6. The fourth-order valence-corrected chi connectivity index (χ4v) is 8.31. The van der Waals surface area contributed by atoms with Gasteiger partial charge in [0.2, 0.25) is 12.0 Å². The minimum absolute atomic E-state index is 0.275. The SMILES string of the molecule is COC(=O)N[C@H](C(=O)N1CCC[C@H]1c1nc(-c2cnc(-c3ncc(-c4c[nH]c([C@@H]5CCCN5C(=O)[C@@H](OC(N)=O)[C@@H](C)OC)n4)s3)s2)c[nH]1)C(C)OC. The highest BCUT2D eigenvalue weighted by Gasteiger charge is 2.40. The van der Waals surface area contributed by atoms with E-state index in [0.717, 1.165) is 22.6 Å². The van der Waals surface area contributed by atoms with Crippen LogP contribution in [0.2, 0.25) is 0 Å². The molecule has 1 unspecified atom stereocenters. The summed E-state index contributed by atoms with van der Waals surface area (Å²) in [6.07, 6.45) is 5.80. The molecule has 4 aromatic heterocycles. The Labute approximate surface area is 312 Å². The Morgan fingerprint density at radius 2 is 1.34 bits per heavy atom. The number of hydrogen-bond acceptors (Lipinski definition) is 14. The predicted octanol–water partition coefficient (Wildman–Crippen LogP) is 3.63. The molecule has 0 aliphatic carbocycles. The van der Waals surface area contributed by atoms with Crippen LogP contribution >= 0.6 is 22.7 Å². The van der Waals surface area contributed by atoms with E-state index in [4.69, 9.17) is 34.6 Å². The number of methoxy groups -OCH3 is 3. The predicted molar refractivity (Wildman–Crippen MR) is 192 cm³/mol. The Morgan fingerprint density at radius 1 is 0.830 bits per heavy atom. The molecule has 0 bridgehead atoms. The number of aromatic amines is 2. The van der Waals surface area contributed by atoms with Crippen molar-refractivity contribution in [3.63, 3.8) is 0 Å². The average Bonchev–Trinajstić information content (AvgIpc) is 3.99. The van der Waals surface area contributed by atoms with Crippen molar-refractivity contribution in [2.24, 2.45) is 5.73 Å². The number of H-pyrrole nitrogens is 2. The fourth-order valence-electron chi connectivity index (χ4n) is 6.52. The lowest BCUT2D eigenvalue weighted by molar-refractivity contribution is -0.148. The van der Waals surface area contributed by atoms with E-state index in [9.17, 15) is 19.2 Å². The quantitative estimate of drug-likeness (QED) is 0.153. The van der Waals surface area contributed by atoms with Gasteiger partial charge in [0.05, 0.1) is 35.1 Å². The Morgan fingerprint density at radius 3 is 1.81 bits per heavy atom. The zero-order valence-corrected chi connectivity index (χ0v) is 31.5. The molecule has 284 valence electrons. The van der Waals surface area contributed by atoms with Crippen molar-refractivity contribution in [1.29, 1.82) is 0 Å². The van der Waals surface area contributed by atoms with Gasteiger partial charge in [-0.15, -0.1) is 22.7 Å². The monoisotopic (exact) mass is 770 g/mol. The van der Waals surface area contributed by atoms with E-state index in [2.05, 4.69) is 25.3 Å². The van der Waals surface area contributed by atoms with Crippen LogP contribution in [0.1, 0.15) is 63.3 Å². The number of primary amides is 1. The van der Waals surface area contributed by atoms with Gasteiger partial charge in [-0.2, -0.15) is 0 Å². The molecule has 0 spiro atoms. The van der Waals surface area contributed by atoms with E-state index in [1.165, 1.54) is 44.0 Å². The number of ether oxygens (including phenoxy) is 4. The molecular weight excluding hydrogens is 729 g/mol. The number of thiazole rings is 2. The number of aromatic nitrogens is 6. The first-order valence-corrected chi connectivity index (χ1v) is 18.7. The van der Waals surface area contributed by atoms with E-state index in [1.807, 2.05) is 0 Å². The van der Waals surface area contributed by atoms with Crippen LogP contribution in [-0.4, -0.2) is 122 Å². The van der Waals surface area contributed by atoms with Crippen molar-refractivity contribution in [2.45, 2.75) is 76.0 Å². The van der Waals surface area contributed by atoms with E-state index in [0.29, 0.717) is 59.0 Å². The number of hydrogen-bond donors (Lipinski definition) is 4. The fraction of sp³-hybridized carbons (Fsp3) is 0.515. The maximum atomic E-state index is 13.6. The lowest BCUT2D eigenvalue weighted by Gasteiger charge is -2.30. The van der Waals surface area contributed by atoms with Crippen LogP contribution in [-0.2, 0) is 28.5 Å². The summed E-state index contributed by atoms with van der Waals surface area (Å²) >= 11 is 2.88. The molecule has 2 aliphatic heterocycles. The third-order valence-electron chi connectivity index (χ3n) is 9.45. The van der Waals surface area contributed by atoms with E-state index in [-0.39, 0.29) is 18.0 Å². The lowest BCUT2D eigenvalue weighted by Crippen LogP contribution is -2.54. The largest absolute Gasteiger partial charge is 0.453 e. The first-order valence-electron chi connectivity index (χ1n) is 17.0. The van der Waals surface area contributed by atoms with Crippen molar-refractivity contribution in [2.75, 3.05) is 34.4 Å². The van der Waals surface area contributed by atoms with Crippen molar-refractivity contribution >= 4 is 46.7 Å². The number of nitrogens with two attached hydrogens (primary N) is 1. The lowest BCUT2D eigenvalue weighted by atomic mass is 10.1. The van der Waals surface area contributed by atoms with Gasteiger partial charge in [0, 0.05) is 52.1 Å². The highest BCUT2D eigenvalue weighted by Crippen LogP contribution is 2.39. The second kappa shape index (κ2) is 16.4. The van der Waals surface area contributed by atoms with Crippen LogP contribution in [0, 0.1) is 0 Å². The molecule has 6 heterocycles. The maximum absolute atomic E-state index is 13.6. The molecule has 4 aromatic rings. The van der Waals surface area contributed by atoms with Gasteiger partial charge in [-0.3, -0.25) is 9.59 Å². The Bertz CT molecular complexity index is 1930. The number of rotatable bonds is 13. The van der Waals surface area contributed by atoms with Crippen molar-refractivity contribution in [1.82, 2.24) is 45.0 Å². The van der Waals surface area contributed by atoms with Crippen LogP contribution in [0.15, 0.2) is 24.8 Å². The minimum atomic E-state index is -1.17. The van der Waals surface area contributed by atoms with Crippen molar-refractivity contribution < 1.29 is 38.1 Å². The van der Waals surface area contributed by atoms with Gasteiger partial charge in [0.1, 0.15) is 35.2 Å². The molecule has 0 aromatic carbocycles. The van der Waals surface area contributed by atoms with Gasteiger partial charge in [0.25, 0.3) is 5.91 Å². The number of imidazole rings is 2. The van der Waals surface area contributed by atoms with Gasteiger partial charge in [-0.1, -0.05) is 0 Å². The van der Waals surface area contributed by atoms with Gasteiger partial charge in [0.15, 0.2) is 10.0 Å². The summed E-state index contributed by atoms with van der Waals surface area (Å²) in [4.78, 5) is 80.9. The average molecular weight is 771 g/mol. The Kier molecular flexibility index (Phi) is 11.7. The number of nitrogens with one attached hydrogen (secondary N) is 3. The van der Waals surface area contributed by atoms with Gasteiger partial charge >= 0.3 is 12.2 Å². The molecule has 53 heavy (non-hydrogen) atoms. The number of amides is 4. The Hall–Kier alpha value is -4.92. The topological polar surface area (TPSA) is 233 Å². The Balaban J connectivity index is 1.14. The number of carbonyl (C=O) groups excluding carboxylic acids is 4. The molecule has 6 atom stereocenters. The number of alkyl carbamates (subject to hydrolysis) is 1. The molecule has 0 radical (unpaired) electrons. The van der Waals surface area contributed by atoms with Crippen LogP contribution in [0.3, 0.4) is 0 Å². The molecule has 6 rings (SSSR count). The standard InChI is InChI=1S/C33H42N10O8S2/c1-16(48-3)24(41-33(47)50-5)30(44)42-10-6-8-20(42)26-35-12-18(39-26)22-14-37-28(52-22)29-38-15-23(53-29)19-13-36-27(40-19)21-9-7-11-43(21)31(45)25(17(2)49-4)51-32(34)46/h12-17,20-21,24-25H,6-11H2,1-5H3,(H2,34,46)(H,35,39)(H,36,40)(H,41,47)/t16?,17-,20+,21+,24+,25+/m1/s1. The van der Waals surface area contributed by atoms with Crippen LogP contribution in [0.4, 0.5) is 9.59 Å². The summed E-state index contributed by atoms with van der Waals surface area (Å²) in [5, 5.41) is 4.02. The van der Waals surface area contributed by atoms with Crippen LogP contribution in [0.25, 0.3) is 31.2 Å². The first-order chi connectivity index (χ1) is 25.5.